The number of esters is 1. The number of nitrogens with zero attached hydrogens (tertiary/aromatic N) is 1. The molecule has 2 N–H and O–H groups in total. The Morgan fingerprint density at radius 3 is 2.60 bits per heavy atom. The maximum absolute atomic E-state index is 12.7. The van der Waals surface area contributed by atoms with Crippen LogP contribution in [-0.4, -0.2) is 37.7 Å². The van der Waals surface area contributed by atoms with Gasteiger partial charge in [0.05, 0.1) is 30.0 Å². The fourth-order valence-electron chi connectivity index (χ4n) is 4.31. The van der Waals surface area contributed by atoms with Gasteiger partial charge in [0.1, 0.15) is 11.6 Å². The van der Waals surface area contributed by atoms with E-state index in [2.05, 4.69) is 31.8 Å². The first-order chi connectivity index (χ1) is 19.4. The number of halogens is 1. The summed E-state index contributed by atoms with van der Waals surface area (Å²) in [6, 6.07) is 13.2. The molecule has 1 aliphatic rings. The first-order valence-electron chi connectivity index (χ1n) is 12.9. The molecule has 0 unspecified atom stereocenters. The van der Waals surface area contributed by atoms with E-state index in [0.717, 1.165) is 48.1 Å². The van der Waals surface area contributed by atoms with E-state index in [4.69, 9.17) is 14.2 Å². The number of nitrogens with one attached hydrogen (secondary N) is 2. The molecule has 9 nitrogen and oxygen atoms in total. The molecule has 4 rings (SSSR count). The van der Waals surface area contributed by atoms with E-state index in [1.54, 1.807) is 19.1 Å². The van der Waals surface area contributed by atoms with Crippen molar-refractivity contribution >= 4 is 56.3 Å². The molecular formula is C29H30BrN3O6S. The standard InChI is InChI=1S/C29H30BrN3O6S/c1-3-38-29(36)24-20-12-8-5-9-13-23(20)40-28(24)32-26(34)27(35)33-31-16-19-14-21(30)25(22(15-19)37-2)39-17-18-10-6-4-7-11-18/h4,6-7,10-11,14-16H,3,5,8-9,12-13,17H2,1-2H3,(H,32,34)(H,33,35)/b31-16+. The van der Waals surface area contributed by atoms with Crippen LogP contribution in [0.25, 0.3) is 0 Å². The Labute approximate surface area is 245 Å². The number of hydrazone groups is 1. The van der Waals surface area contributed by atoms with E-state index in [1.807, 2.05) is 30.3 Å². The second-order valence-electron chi connectivity index (χ2n) is 8.95. The lowest BCUT2D eigenvalue weighted by molar-refractivity contribution is -0.136. The summed E-state index contributed by atoms with van der Waals surface area (Å²) in [5.41, 5.74) is 5.10. The van der Waals surface area contributed by atoms with Crippen molar-refractivity contribution in [1.82, 2.24) is 5.43 Å². The number of fused-ring (bicyclic) bond motifs is 1. The normalized spacial score (nSPS) is 12.8. The van der Waals surface area contributed by atoms with E-state index in [1.165, 1.54) is 24.7 Å². The van der Waals surface area contributed by atoms with Gasteiger partial charge in [0.15, 0.2) is 11.5 Å². The van der Waals surface area contributed by atoms with E-state index in [0.29, 0.717) is 38.7 Å². The lowest BCUT2D eigenvalue weighted by Gasteiger charge is -2.13. The SMILES string of the molecule is CCOC(=O)c1c(NC(=O)C(=O)N/N=C/c2cc(Br)c(OCc3ccccc3)c(OC)c2)sc2c1CCCCC2. The second-order valence-corrected chi connectivity index (χ2v) is 10.9. The molecule has 210 valence electrons. The average Bonchev–Trinajstić information content (AvgIpc) is 3.12. The van der Waals surface area contributed by atoms with E-state index < -0.39 is 17.8 Å². The van der Waals surface area contributed by atoms with Crippen molar-refractivity contribution in [2.24, 2.45) is 5.10 Å². The molecule has 0 saturated heterocycles. The summed E-state index contributed by atoms with van der Waals surface area (Å²) >= 11 is 4.82. The van der Waals surface area contributed by atoms with Crippen LogP contribution >= 0.6 is 27.3 Å². The summed E-state index contributed by atoms with van der Waals surface area (Å²) in [5.74, 6) is -1.39. The van der Waals surface area contributed by atoms with Gasteiger partial charge in [-0.25, -0.2) is 10.2 Å². The number of ether oxygens (including phenoxy) is 3. The van der Waals surface area contributed by atoms with Crippen LogP contribution in [0.5, 0.6) is 11.5 Å². The molecule has 3 aromatic rings. The van der Waals surface area contributed by atoms with Gasteiger partial charge in [0.2, 0.25) is 0 Å². The number of rotatable bonds is 9. The van der Waals surface area contributed by atoms with E-state index in [-0.39, 0.29) is 6.61 Å². The van der Waals surface area contributed by atoms with Crippen molar-refractivity contribution in [2.45, 2.75) is 45.6 Å². The molecule has 1 aromatic heterocycles. The van der Waals surface area contributed by atoms with Crippen molar-refractivity contribution in [3.63, 3.8) is 0 Å². The van der Waals surface area contributed by atoms with Crippen LogP contribution in [-0.2, 0) is 33.8 Å². The molecule has 1 heterocycles. The number of thiophene rings is 1. The van der Waals surface area contributed by atoms with Gasteiger partial charge >= 0.3 is 17.8 Å². The molecule has 0 radical (unpaired) electrons. The van der Waals surface area contributed by atoms with Gasteiger partial charge < -0.3 is 19.5 Å². The number of hydrogen-bond acceptors (Lipinski definition) is 8. The number of carbonyl (C=O) groups excluding carboxylic acids is 3. The van der Waals surface area contributed by atoms with Gasteiger partial charge in [0.25, 0.3) is 0 Å². The minimum absolute atomic E-state index is 0.215. The molecule has 1 aliphatic carbocycles. The quantitative estimate of drug-likeness (QED) is 0.104. The van der Waals surface area contributed by atoms with Gasteiger partial charge in [0, 0.05) is 4.88 Å². The van der Waals surface area contributed by atoms with Crippen LogP contribution in [0.4, 0.5) is 5.00 Å². The number of methoxy groups -OCH3 is 1. The third-order valence-electron chi connectivity index (χ3n) is 6.19. The minimum atomic E-state index is -0.969. The van der Waals surface area contributed by atoms with Crippen molar-refractivity contribution in [3.8, 4) is 11.5 Å². The number of hydrogen-bond donors (Lipinski definition) is 2. The Bertz CT molecular complexity index is 1410. The fraction of sp³-hybridized carbons (Fsp3) is 0.310. The first kappa shape index (κ1) is 29.3. The molecule has 40 heavy (non-hydrogen) atoms. The zero-order chi connectivity index (χ0) is 28.5. The van der Waals surface area contributed by atoms with E-state index >= 15 is 0 Å². The minimum Gasteiger partial charge on any atom is -0.493 e. The Balaban J connectivity index is 1.41. The summed E-state index contributed by atoms with van der Waals surface area (Å²) in [6.45, 7) is 2.30. The Morgan fingerprint density at radius 1 is 1.07 bits per heavy atom. The third-order valence-corrected chi connectivity index (χ3v) is 7.99. The topological polar surface area (TPSA) is 115 Å². The summed E-state index contributed by atoms with van der Waals surface area (Å²) in [4.78, 5) is 38.9. The summed E-state index contributed by atoms with van der Waals surface area (Å²) in [6.07, 6.45) is 6.00. The number of amides is 2. The van der Waals surface area contributed by atoms with Crippen LogP contribution in [0.2, 0.25) is 0 Å². The molecule has 11 heteroatoms. The zero-order valence-electron chi connectivity index (χ0n) is 22.3. The highest BCUT2D eigenvalue weighted by molar-refractivity contribution is 9.10. The predicted octanol–water partition coefficient (Wildman–Crippen LogP) is 5.63. The Hall–Kier alpha value is -3.70. The predicted molar refractivity (Wildman–Crippen MR) is 157 cm³/mol. The van der Waals surface area contributed by atoms with Crippen molar-refractivity contribution in [1.29, 1.82) is 0 Å². The highest BCUT2D eigenvalue weighted by Crippen LogP contribution is 2.38. The second kappa shape index (κ2) is 14.1. The lowest BCUT2D eigenvalue weighted by Crippen LogP contribution is -2.32. The first-order valence-corrected chi connectivity index (χ1v) is 14.5. The van der Waals surface area contributed by atoms with Crippen LogP contribution in [0.15, 0.2) is 52.0 Å². The molecule has 0 bridgehead atoms. The van der Waals surface area contributed by atoms with Crippen LogP contribution in [0.3, 0.4) is 0 Å². The lowest BCUT2D eigenvalue weighted by atomic mass is 10.1. The number of aryl methyl sites for hydroxylation is 1. The highest BCUT2D eigenvalue weighted by Gasteiger charge is 2.28. The third kappa shape index (κ3) is 7.28. The van der Waals surface area contributed by atoms with Crippen molar-refractivity contribution in [2.75, 3.05) is 19.0 Å². The number of carbonyl (C=O) groups is 3. The van der Waals surface area contributed by atoms with Crippen LogP contribution in [0.1, 0.15) is 58.1 Å². The molecule has 0 aliphatic heterocycles. The monoisotopic (exact) mass is 627 g/mol. The fourth-order valence-corrected chi connectivity index (χ4v) is 6.16. The number of benzene rings is 2. The van der Waals surface area contributed by atoms with Crippen LogP contribution < -0.4 is 20.2 Å². The zero-order valence-corrected chi connectivity index (χ0v) is 24.7. The van der Waals surface area contributed by atoms with Gasteiger partial charge in [-0.2, -0.15) is 5.10 Å². The molecular weight excluding hydrogens is 598 g/mol. The smallest absolute Gasteiger partial charge is 0.341 e. The summed E-state index contributed by atoms with van der Waals surface area (Å²) in [5, 5.41) is 6.83. The van der Waals surface area contributed by atoms with E-state index in [9.17, 15) is 14.4 Å². The molecule has 0 saturated carbocycles. The highest BCUT2D eigenvalue weighted by atomic mass is 79.9. The number of anilines is 1. The summed E-state index contributed by atoms with van der Waals surface area (Å²) < 4.78 is 17.3. The molecule has 2 amide bonds. The maximum Gasteiger partial charge on any atom is 0.341 e. The van der Waals surface area contributed by atoms with Crippen LogP contribution in [0, 0.1) is 0 Å². The molecule has 0 fully saturated rings. The average molecular weight is 629 g/mol. The largest absolute Gasteiger partial charge is 0.493 e. The molecule has 0 atom stereocenters. The van der Waals surface area contributed by atoms with Crippen molar-refractivity contribution < 1.29 is 28.6 Å². The van der Waals surface area contributed by atoms with Gasteiger partial charge in [-0.1, -0.05) is 36.8 Å². The van der Waals surface area contributed by atoms with Gasteiger partial charge in [-0.15, -0.1) is 11.3 Å². The molecule has 0 spiro atoms. The molecule has 2 aromatic carbocycles. The Kier molecular flexibility index (Phi) is 10.3. The van der Waals surface area contributed by atoms with Gasteiger partial charge in [-0.3, -0.25) is 9.59 Å². The van der Waals surface area contributed by atoms with Crippen molar-refractivity contribution in [3.05, 3.63) is 74.1 Å². The summed E-state index contributed by atoms with van der Waals surface area (Å²) in [7, 11) is 1.53. The van der Waals surface area contributed by atoms with Gasteiger partial charge in [-0.05, 0) is 77.4 Å². The maximum atomic E-state index is 12.7. The Morgan fingerprint density at radius 2 is 1.85 bits per heavy atom.